The SMILES string of the molecule is CCNc1nc(CC)nc(-c2cccc(Cl)c2)c1C. The molecule has 2 aromatic rings. The highest BCUT2D eigenvalue weighted by molar-refractivity contribution is 6.30. The normalized spacial score (nSPS) is 10.5. The number of hydrogen-bond acceptors (Lipinski definition) is 3. The van der Waals surface area contributed by atoms with Crippen LogP contribution in [0.15, 0.2) is 24.3 Å². The quantitative estimate of drug-likeness (QED) is 0.913. The van der Waals surface area contributed by atoms with Crippen molar-refractivity contribution in [3.05, 3.63) is 40.7 Å². The summed E-state index contributed by atoms with van der Waals surface area (Å²) in [6.07, 6.45) is 0.812. The predicted molar refractivity (Wildman–Crippen MR) is 80.8 cm³/mol. The van der Waals surface area contributed by atoms with E-state index in [1.807, 2.05) is 31.2 Å². The highest BCUT2D eigenvalue weighted by Crippen LogP contribution is 2.27. The molecule has 0 aliphatic heterocycles. The third kappa shape index (κ3) is 3.04. The first kappa shape index (κ1) is 13.8. The van der Waals surface area contributed by atoms with Gasteiger partial charge < -0.3 is 5.32 Å². The van der Waals surface area contributed by atoms with Gasteiger partial charge in [0.25, 0.3) is 0 Å². The van der Waals surface area contributed by atoms with Gasteiger partial charge in [0.2, 0.25) is 0 Å². The molecule has 0 aliphatic carbocycles. The maximum Gasteiger partial charge on any atom is 0.133 e. The lowest BCUT2D eigenvalue weighted by Crippen LogP contribution is -2.07. The van der Waals surface area contributed by atoms with Crippen LogP contribution in [0.4, 0.5) is 5.82 Å². The van der Waals surface area contributed by atoms with Gasteiger partial charge in [-0.2, -0.15) is 0 Å². The van der Waals surface area contributed by atoms with Crippen molar-refractivity contribution >= 4 is 17.4 Å². The average Bonchev–Trinajstić information content (AvgIpc) is 2.41. The molecule has 0 atom stereocenters. The Morgan fingerprint density at radius 3 is 2.63 bits per heavy atom. The van der Waals surface area contributed by atoms with E-state index in [1.54, 1.807) is 0 Å². The van der Waals surface area contributed by atoms with E-state index in [-0.39, 0.29) is 0 Å². The second-order valence-corrected chi connectivity index (χ2v) is 4.79. The Balaban J connectivity index is 2.58. The fourth-order valence-electron chi connectivity index (χ4n) is 1.98. The van der Waals surface area contributed by atoms with E-state index in [9.17, 15) is 0 Å². The fourth-order valence-corrected chi connectivity index (χ4v) is 2.17. The molecule has 1 aromatic carbocycles. The van der Waals surface area contributed by atoms with E-state index in [4.69, 9.17) is 11.6 Å². The van der Waals surface area contributed by atoms with E-state index in [0.717, 1.165) is 46.5 Å². The lowest BCUT2D eigenvalue weighted by molar-refractivity contribution is 0.930. The van der Waals surface area contributed by atoms with Gasteiger partial charge in [-0.3, -0.25) is 0 Å². The Labute approximate surface area is 119 Å². The van der Waals surface area contributed by atoms with Crippen LogP contribution in [-0.2, 0) is 6.42 Å². The van der Waals surface area contributed by atoms with Gasteiger partial charge in [0.1, 0.15) is 11.6 Å². The van der Waals surface area contributed by atoms with Crippen LogP contribution in [0.1, 0.15) is 25.2 Å². The van der Waals surface area contributed by atoms with Crippen molar-refractivity contribution in [2.45, 2.75) is 27.2 Å². The molecule has 1 heterocycles. The third-order valence-corrected chi connectivity index (χ3v) is 3.19. The first-order valence-corrected chi connectivity index (χ1v) is 6.90. The molecule has 0 bridgehead atoms. The van der Waals surface area contributed by atoms with E-state index < -0.39 is 0 Å². The van der Waals surface area contributed by atoms with Crippen molar-refractivity contribution in [2.24, 2.45) is 0 Å². The molecule has 19 heavy (non-hydrogen) atoms. The molecule has 1 N–H and O–H groups in total. The molecule has 100 valence electrons. The molecule has 1 aromatic heterocycles. The molecule has 2 rings (SSSR count). The zero-order chi connectivity index (χ0) is 13.8. The van der Waals surface area contributed by atoms with Crippen molar-refractivity contribution in [1.82, 2.24) is 9.97 Å². The minimum Gasteiger partial charge on any atom is -0.370 e. The van der Waals surface area contributed by atoms with Crippen molar-refractivity contribution < 1.29 is 0 Å². The number of hydrogen-bond donors (Lipinski definition) is 1. The molecule has 0 spiro atoms. The van der Waals surface area contributed by atoms with Gasteiger partial charge in [-0.15, -0.1) is 0 Å². The van der Waals surface area contributed by atoms with Crippen LogP contribution in [0.5, 0.6) is 0 Å². The summed E-state index contributed by atoms with van der Waals surface area (Å²) in [5.74, 6) is 1.75. The predicted octanol–water partition coefficient (Wildman–Crippen LogP) is 4.10. The molecule has 3 nitrogen and oxygen atoms in total. The minimum absolute atomic E-state index is 0.721. The second-order valence-electron chi connectivity index (χ2n) is 4.36. The van der Waals surface area contributed by atoms with Crippen molar-refractivity contribution in [1.29, 1.82) is 0 Å². The lowest BCUT2D eigenvalue weighted by Gasteiger charge is -2.13. The van der Waals surface area contributed by atoms with Crippen molar-refractivity contribution in [2.75, 3.05) is 11.9 Å². The van der Waals surface area contributed by atoms with Crippen LogP contribution in [0.25, 0.3) is 11.3 Å². The summed E-state index contributed by atoms with van der Waals surface area (Å²) >= 11 is 6.06. The van der Waals surface area contributed by atoms with Gasteiger partial charge in [0.05, 0.1) is 5.69 Å². The largest absolute Gasteiger partial charge is 0.370 e. The Bertz CT molecular complexity index is 582. The Kier molecular flexibility index (Phi) is 4.38. The topological polar surface area (TPSA) is 37.8 Å². The summed E-state index contributed by atoms with van der Waals surface area (Å²) in [5.41, 5.74) is 3.04. The lowest BCUT2D eigenvalue weighted by atomic mass is 10.1. The number of rotatable bonds is 4. The summed E-state index contributed by atoms with van der Waals surface area (Å²) in [4.78, 5) is 9.17. The number of aromatic nitrogens is 2. The van der Waals surface area contributed by atoms with Crippen molar-refractivity contribution in [3.63, 3.8) is 0 Å². The zero-order valence-electron chi connectivity index (χ0n) is 11.5. The Morgan fingerprint density at radius 2 is 2.00 bits per heavy atom. The van der Waals surface area contributed by atoms with Crippen LogP contribution in [0, 0.1) is 6.92 Å². The second kappa shape index (κ2) is 6.02. The van der Waals surface area contributed by atoms with Crippen LogP contribution in [-0.4, -0.2) is 16.5 Å². The zero-order valence-corrected chi connectivity index (χ0v) is 12.3. The monoisotopic (exact) mass is 275 g/mol. The van der Waals surface area contributed by atoms with Crippen molar-refractivity contribution in [3.8, 4) is 11.3 Å². The number of nitrogens with one attached hydrogen (secondary N) is 1. The van der Waals surface area contributed by atoms with Crippen LogP contribution in [0.2, 0.25) is 5.02 Å². The number of nitrogens with zero attached hydrogens (tertiary/aromatic N) is 2. The van der Waals surface area contributed by atoms with E-state index in [0.29, 0.717) is 0 Å². The first-order valence-electron chi connectivity index (χ1n) is 6.53. The van der Waals surface area contributed by atoms with Crippen LogP contribution >= 0.6 is 11.6 Å². The first-order chi connectivity index (χ1) is 9.15. The molecule has 0 unspecified atom stereocenters. The molecule has 4 heteroatoms. The van der Waals surface area contributed by atoms with E-state index in [2.05, 4.69) is 29.1 Å². The van der Waals surface area contributed by atoms with Gasteiger partial charge in [0, 0.05) is 29.1 Å². The third-order valence-electron chi connectivity index (χ3n) is 2.95. The van der Waals surface area contributed by atoms with Gasteiger partial charge in [-0.25, -0.2) is 9.97 Å². The average molecular weight is 276 g/mol. The molecule has 0 amide bonds. The summed E-state index contributed by atoms with van der Waals surface area (Å²) < 4.78 is 0. The summed E-state index contributed by atoms with van der Waals surface area (Å²) in [7, 11) is 0. The minimum atomic E-state index is 0.721. The summed E-state index contributed by atoms with van der Waals surface area (Å²) in [6.45, 7) is 7.00. The standard InChI is InChI=1S/C15H18ClN3/c1-4-13-18-14(10(3)15(19-13)17-5-2)11-7-6-8-12(16)9-11/h6-9H,4-5H2,1-3H3,(H,17,18,19). The number of aryl methyl sites for hydroxylation is 1. The summed E-state index contributed by atoms with van der Waals surface area (Å²) in [5, 5.41) is 4.01. The fraction of sp³-hybridized carbons (Fsp3) is 0.333. The number of halogens is 1. The molecular formula is C15H18ClN3. The molecule has 0 radical (unpaired) electrons. The van der Waals surface area contributed by atoms with Gasteiger partial charge in [-0.05, 0) is 26.0 Å². The van der Waals surface area contributed by atoms with Gasteiger partial charge in [0.15, 0.2) is 0 Å². The highest BCUT2D eigenvalue weighted by atomic mass is 35.5. The van der Waals surface area contributed by atoms with E-state index >= 15 is 0 Å². The van der Waals surface area contributed by atoms with Gasteiger partial charge >= 0.3 is 0 Å². The Hall–Kier alpha value is -1.61. The molecule has 0 aliphatic rings. The maximum atomic E-state index is 6.06. The number of benzene rings is 1. The van der Waals surface area contributed by atoms with E-state index in [1.165, 1.54) is 0 Å². The van der Waals surface area contributed by atoms with Gasteiger partial charge in [-0.1, -0.05) is 30.7 Å². The molecule has 0 saturated heterocycles. The maximum absolute atomic E-state index is 6.06. The smallest absolute Gasteiger partial charge is 0.133 e. The molecule has 0 saturated carbocycles. The van der Waals surface area contributed by atoms with Crippen LogP contribution < -0.4 is 5.32 Å². The highest BCUT2D eigenvalue weighted by Gasteiger charge is 2.11. The summed E-state index contributed by atoms with van der Waals surface area (Å²) in [6, 6.07) is 7.77. The Morgan fingerprint density at radius 1 is 1.21 bits per heavy atom. The van der Waals surface area contributed by atoms with Crippen LogP contribution in [0.3, 0.4) is 0 Å². The molecular weight excluding hydrogens is 258 g/mol. The molecule has 0 fully saturated rings. The number of anilines is 1.